The van der Waals surface area contributed by atoms with E-state index in [1.54, 1.807) is 0 Å². The Kier molecular flexibility index (Phi) is 6.78. The van der Waals surface area contributed by atoms with Crippen LogP contribution >= 0.6 is 0 Å². The van der Waals surface area contributed by atoms with E-state index in [0.29, 0.717) is 5.89 Å². The van der Waals surface area contributed by atoms with E-state index in [9.17, 15) is 0 Å². The molecule has 0 aliphatic carbocycles. The standard InChI is InChI=1S/C41H29N3O/c1-5-16-31(17-6-1)41-42-38-28-37(43(33-19-7-2-8-20-33)36-26-25-30-15-13-14-18-32(30)27-36)29-39(40(38)45-41)44(34-21-9-3-10-22-34)35-23-11-4-12-24-35/h1-29H. The van der Waals surface area contributed by atoms with Crippen LogP contribution < -0.4 is 9.80 Å². The van der Waals surface area contributed by atoms with Crippen LogP contribution in [0.25, 0.3) is 33.3 Å². The Morgan fingerprint density at radius 3 is 1.56 bits per heavy atom. The number of para-hydroxylation sites is 3. The van der Waals surface area contributed by atoms with Crippen LogP contribution in [0.1, 0.15) is 0 Å². The van der Waals surface area contributed by atoms with Crippen LogP contribution in [0.5, 0.6) is 0 Å². The smallest absolute Gasteiger partial charge is 0.227 e. The quantitative estimate of drug-likeness (QED) is 0.188. The lowest BCUT2D eigenvalue weighted by atomic mass is 10.1. The molecule has 0 atom stereocenters. The monoisotopic (exact) mass is 579 g/mol. The van der Waals surface area contributed by atoms with Crippen molar-refractivity contribution in [2.24, 2.45) is 0 Å². The molecule has 45 heavy (non-hydrogen) atoms. The highest BCUT2D eigenvalue weighted by Crippen LogP contribution is 2.45. The van der Waals surface area contributed by atoms with Crippen molar-refractivity contribution in [2.75, 3.05) is 9.80 Å². The second kappa shape index (κ2) is 11.5. The third-order valence-electron chi connectivity index (χ3n) is 8.01. The fourth-order valence-corrected chi connectivity index (χ4v) is 5.92. The van der Waals surface area contributed by atoms with Gasteiger partial charge in [0.1, 0.15) is 5.52 Å². The van der Waals surface area contributed by atoms with E-state index in [2.05, 4.69) is 137 Å². The molecule has 1 aromatic heterocycles. The fourth-order valence-electron chi connectivity index (χ4n) is 5.92. The van der Waals surface area contributed by atoms with Gasteiger partial charge in [0.15, 0.2) is 5.58 Å². The first-order valence-corrected chi connectivity index (χ1v) is 15.1. The van der Waals surface area contributed by atoms with Gasteiger partial charge in [0, 0.05) is 28.3 Å². The number of fused-ring (bicyclic) bond motifs is 2. The first kappa shape index (κ1) is 26.5. The number of aromatic nitrogens is 1. The van der Waals surface area contributed by atoms with Crippen molar-refractivity contribution in [1.29, 1.82) is 0 Å². The average molecular weight is 580 g/mol. The molecule has 0 saturated heterocycles. The van der Waals surface area contributed by atoms with Gasteiger partial charge in [0.05, 0.1) is 11.4 Å². The van der Waals surface area contributed by atoms with Gasteiger partial charge in [-0.1, -0.05) is 103 Å². The zero-order valence-electron chi connectivity index (χ0n) is 24.5. The van der Waals surface area contributed by atoms with Crippen molar-refractivity contribution in [2.45, 2.75) is 0 Å². The van der Waals surface area contributed by atoms with E-state index >= 15 is 0 Å². The molecule has 4 nitrogen and oxygen atoms in total. The van der Waals surface area contributed by atoms with E-state index in [4.69, 9.17) is 9.40 Å². The van der Waals surface area contributed by atoms with Crippen molar-refractivity contribution in [3.8, 4) is 11.5 Å². The molecule has 1 heterocycles. The Hall–Kier alpha value is -6.13. The SMILES string of the molecule is c1ccc(-c2nc3cc(N(c4ccccc4)c4ccc5ccccc5c4)cc(N(c4ccccc4)c4ccccc4)c3o2)cc1. The van der Waals surface area contributed by atoms with Crippen molar-refractivity contribution >= 4 is 56.0 Å². The summed E-state index contributed by atoms with van der Waals surface area (Å²) in [5.74, 6) is 0.585. The molecule has 0 amide bonds. The van der Waals surface area contributed by atoms with Crippen molar-refractivity contribution in [1.82, 2.24) is 4.98 Å². The zero-order chi connectivity index (χ0) is 30.0. The van der Waals surface area contributed by atoms with Gasteiger partial charge in [-0.2, -0.15) is 0 Å². The van der Waals surface area contributed by atoms with Crippen molar-refractivity contribution < 1.29 is 4.42 Å². The van der Waals surface area contributed by atoms with Crippen LogP contribution in [0.4, 0.5) is 34.1 Å². The maximum atomic E-state index is 6.64. The predicted molar refractivity (Wildman–Crippen MR) is 186 cm³/mol. The molecule has 7 aromatic carbocycles. The topological polar surface area (TPSA) is 32.5 Å². The van der Waals surface area contributed by atoms with Crippen LogP contribution in [0.3, 0.4) is 0 Å². The van der Waals surface area contributed by atoms with Gasteiger partial charge in [-0.05, 0) is 83.6 Å². The molecule has 0 bridgehead atoms. The number of hydrogen-bond acceptors (Lipinski definition) is 4. The summed E-state index contributed by atoms with van der Waals surface area (Å²) in [5.41, 5.74) is 8.46. The second-order valence-corrected chi connectivity index (χ2v) is 10.9. The molecule has 8 rings (SSSR count). The first-order valence-electron chi connectivity index (χ1n) is 15.1. The molecule has 0 unspecified atom stereocenters. The highest BCUT2D eigenvalue weighted by Gasteiger charge is 2.24. The van der Waals surface area contributed by atoms with E-state index in [0.717, 1.165) is 50.8 Å². The van der Waals surface area contributed by atoms with Gasteiger partial charge in [0.2, 0.25) is 5.89 Å². The number of benzene rings is 7. The number of hydrogen-bond donors (Lipinski definition) is 0. The summed E-state index contributed by atoms with van der Waals surface area (Å²) in [7, 11) is 0. The van der Waals surface area contributed by atoms with Gasteiger partial charge < -0.3 is 14.2 Å². The largest absolute Gasteiger partial charge is 0.434 e. The lowest BCUT2D eigenvalue weighted by Gasteiger charge is -2.29. The van der Waals surface area contributed by atoms with Crippen LogP contribution in [0.15, 0.2) is 180 Å². The minimum atomic E-state index is 0.585. The maximum absolute atomic E-state index is 6.64. The van der Waals surface area contributed by atoms with Gasteiger partial charge >= 0.3 is 0 Å². The number of oxazole rings is 1. The van der Waals surface area contributed by atoms with E-state index in [-0.39, 0.29) is 0 Å². The molecule has 0 aliphatic rings. The Morgan fingerprint density at radius 1 is 0.400 bits per heavy atom. The van der Waals surface area contributed by atoms with Gasteiger partial charge in [-0.15, -0.1) is 0 Å². The normalized spacial score (nSPS) is 11.1. The Morgan fingerprint density at radius 2 is 0.933 bits per heavy atom. The maximum Gasteiger partial charge on any atom is 0.227 e. The third kappa shape index (κ3) is 5.09. The summed E-state index contributed by atoms with van der Waals surface area (Å²) < 4.78 is 6.64. The van der Waals surface area contributed by atoms with Gasteiger partial charge in [-0.25, -0.2) is 4.98 Å². The summed E-state index contributed by atoms with van der Waals surface area (Å²) in [5, 5.41) is 2.38. The molecule has 8 aromatic rings. The highest BCUT2D eigenvalue weighted by molar-refractivity contribution is 5.99. The molecular formula is C41H29N3O. The predicted octanol–water partition coefficient (Wildman–Crippen LogP) is 11.6. The molecule has 0 aliphatic heterocycles. The highest BCUT2D eigenvalue weighted by atomic mass is 16.3. The van der Waals surface area contributed by atoms with Crippen LogP contribution in [0, 0.1) is 0 Å². The summed E-state index contributed by atoms with van der Waals surface area (Å²) in [6.45, 7) is 0. The number of nitrogens with zero attached hydrogens (tertiary/aromatic N) is 3. The number of anilines is 6. The van der Waals surface area contributed by atoms with Gasteiger partial charge in [-0.3, -0.25) is 0 Å². The summed E-state index contributed by atoms with van der Waals surface area (Å²) >= 11 is 0. The minimum absolute atomic E-state index is 0.585. The van der Waals surface area contributed by atoms with E-state index in [1.165, 1.54) is 10.8 Å². The fraction of sp³-hybridized carbons (Fsp3) is 0. The molecule has 0 radical (unpaired) electrons. The summed E-state index contributed by atoms with van der Waals surface area (Å²) in [6, 6.07) is 60.8. The van der Waals surface area contributed by atoms with Gasteiger partial charge in [0.25, 0.3) is 0 Å². The molecular weight excluding hydrogens is 550 g/mol. The molecule has 0 fully saturated rings. The van der Waals surface area contributed by atoms with Crippen LogP contribution in [-0.4, -0.2) is 4.98 Å². The average Bonchev–Trinajstić information content (AvgIpc) is 3.55. The lowest BCUT2D eigenvalue weighted by Crippen LogP contribution is -2.13. The molecule has 0 N–H and O–H groups in total. The van der Waals surface area contributed by atoms with Crippen molar-refractivity contribution in [3.63, 3.8) is 0 Å². The molecule has 0 spiro atoms. The molecule has 0 saturated carbocycles. The molecule has 4 heteroatoms. The van der Waals surface area contributed by atoms with E-state index in [1.807, 2.05) is 48.5 Å². The van der Waals surface area contributed by atoms with E-state index < -0.39 is 0 Å². The zero-order valence-corrected chi connectivity index (χ0v) is 24.5. The summed E-state index contributed by atoms with van der Waals surface area (Å²) in [4.78, 5) is 9.61. The lowest BCUT2D eigenvalue weighted by molar-refractivity contribution is 0.620. The van der Waals surface area contributed by atoms with Crippen molar-refractivity contribution in [3.05, 3.63) is 176 Å². The molecule has 214 valence electrons. The number of rotatable bonds is 7. The van der Waals surface area contributed by atoms with Crippen LogP contribution in [-0.2, 0) is 0 Å². The Balaban J connectivity index is 1.42. The third-order valence-corrected chi connectivity index (χ3v) is 8.01. The Bertz CT molecular complexity index is 2170. The summed E-state index contributed by atoms with van der Waals surface area (Å²) in [6.07, 6.45) is 0. The van der Waals surface area contributed by atoms with Crippen LogP contribution in [0.2, 0.25) is 0 Å². The minimum Gasteiger partial charge on any atom is -0.434 e. The first-order chi connectivity index (χ1) is 22.3. The Labute approximate surface area is 262 Å². The second-order valence-electron chi connectivity index (χ2n) is 10.9.